The molecule has 0 aromatic heterocycles. The van der Waals surface area contributed by atoms with Crippen molar-refractivity contribution in [1.29, 1.82) is 0 Å². The minimum Gasteiger partial charge on any atom is -0.493 e. The zero-order chi connectivity index (χ0) is 13.3. The van der Waals surface area contributed by atoms with Gasteiger partial charge in [-0.05, 0) is 0 Å². The summed E-state index contributed by atoms with van der Waals surface area (Å²) in [5.41, 5.74) is 6.15. The van der Waals surface area contributed by atoms with E-state index >= 15 is 0 Å². The van der Waals surface area contributed by atoms with Crippen LogP contribution in [0, 0.1) is 0 Å². The molecular formula is C12H16N2O4. The Bertz CT molecular complexity index is 475. The van der Waals surface area contributed by atoms with Gasteiger partial charge >= 0.3 is 0 Å². The molecule has 0 spiro atoms. The third-order valence-electron chi connectivity index (χ3n) is 2.92. The number of benzene rings is 1. The van der Waals surface area contributed by atoms with Crippen molar-refractivity contribution >= 4 is 11.6 Å². The van der Waals surface area contributed by atoms with Crippen molar-refractivity contribution in [2.45, 2.75) is 6.10 Å². The standard InChI is InChI=1S/C12H16N2O4/c1-14-7-4-9(16-2)10(17-3)5-8(7)18-11(6-13)12(14)15/h4-5,11H,6,13H2,1-3H3. The SMILES string of the molecule is COc1cc2c(cc1OC)N(C)C(=O)C(CN)O2. The van der Waals surface area contributed by atoms with E-state index in [9.17, 15) is 4.79 Å². The van der Waals surface area contributed by atoms with Crippen LogP contribution in [-0.2, 0) is 4.79 Å². The maximum atomic E-state index is 11.9. The van der Waals surface area contributed by atoms with E-state index in [4.69, 9.17) is 19.9 Å². The quantitative estimate of drug-likeness (QED) is 0.842. The van der Waals surface area contributed by atoms with E-state index in [1.807, 2.05) is 0 Å². The Morgan fingerprint density at radius 3 is 2.50 bits per heavy atom. The van der Waals surface area contributed by atoms with Crippen LogP contribution in [0.1, 0.15) is 0 Å². The molecule has 2 N–H and O–H groups in total. The number of fused-ring (bicyclic) bond motifs is 1. The number of amides is 1. The molecule has 6 heteroatoms. The predicted molar refractivity (Wildman–Crippen MR) is 66.4 cm³/mol. The van der Waals surface area contributed by atoms with Gasteiger partial charge in [0.2, 0.25) is 0 Å². The summed E-state index contributed by atoms with van der Waals surface area (Å²) < 4.78 is 15.9. The minimum absolute atomic E-state index is 0.136. The number of nitrogens with two attached hydrogens (primary N) is 1. The Balaban J connectivity index is 2.50. The van der Waals surface area contributed by atoms with Gasteiger partial charge in [0.1, 0.15) is 5.75 Å². The van der Waals surface area contributed by atoms with Crippen molar-refractivity contribution in [3.05, 3.63) is 12.1 Å². The smallest absolute Gasteiger partial charge is 0.269 e. The summed E-state index contributed by atoms with van der Waals surface area (Å²) in [6.45, 7) is 0.136. The largest absolute Gasteiger partial charge is 0.493 e. The van der Waals surface area contributed by atoms with Gasteiger partial charge in [-0.2, -0.15) is 0 Å². The van der Waals surface area contributed by atoms with Crippen LogP contribution in [0.15, 0.2) is 12.1 Å². The molecule has 98 valence electrons. The van der Waals surface area contributed by atoms with Gasteiger partial charge in [0.25, 0.3) is 5.91 Å². The van der Waals surface area contributed by atoms with Crippen LogP contribution in [0.5, 0.6) is 17.2 Å². The van der Waals surface area contributed by atoms with Gasteiger partial charge in [0.05, 0.1) is 19.9 Å². The summed E-state index contributed by atoms with van der Waals surface area (Å²) in [5.74, 6) is 1.49. The molecule has 0 saturated carbocycles. The van der Waals surface area contributed by atoms with E-state index in [-0.39, 0.29) is 12.5 Å². The van der Waals surface area contributed by atoms with Crippen molar-refractivity contribution < 1.29 is 19.0 Å². The van der Waals surface area contributed by atoms with Crippen molar-refractivity contribution in [2.75, 3.05) is 32.7 Å². The molecule has 2 rings (SSSR count). The highest BCUT2D eigenvalue weighted by atomic mass is 16.5. The van der Waals surface area contributed by atoms with Gasteiger partial charge in [-0.3, -0.25) is 4.79 Å². The second-order valence-electron chi connectivity index (χ2n) is 3.91. The lowest BCUT2D eigenvalue weighted by Gasteiger charge is -2.31. The lowest BCUT2D eigenvalue weighted by atomic mass is 10.1. The van der Waals surface area contributed by atoms with Gasteiger partial charge in [-0.25, -0.2) is 0 Å². The number of likely N-dealkylation sites (N-methyl/N-ethyl adjacent to an activating group) is 1. The van der Waals surface area contributed by atoms with Crippen molar-refractivity contribution in [1.82, 2.24) is 0 Å². The molecule has 1 aliphatic rings. The van der Waals surface area contributed by atoms with Gasteiger partial charge in [-0.15, -0.1) is 0 Å². The Kier molecular flexibility index (Phi) is 3.29. The highest BCUT2D eigenvalue weighted by Gasteiger charge is 2.32. The second-order valence-corrected chi connectivity index (χ2v) is 3.91. The first-order chi connectivity index (χ1) is 8.62. The minimum atomic E-state index is -0.652. The molecule has 1 atom stereocenters. The summed E-state index contributed by atoms with van der Waals surface area (Å²) in [4.78, 5) is 13.4. The third-order valence-corrected chi connectivity index (χ3v) is 2.92. The van der Waals surface area contributed by atoms with Gasteiger partial charge in [-0.1, -0.05) is 0 Å². The molecule has 0 fully saturated rings. The van der Waals surface area contributed by atoms with Gasteiger partial charge in [0, 0.05) is 25.7 Å². The van der Waals surface area contributed by atoms with E-state index in [0.717, 1.165) is 0 Å². The van der Waals surface area contributed by atoms with Crippen molar-refractivity contribution in [3.63, 3.8) is 0 Å². The molecule has 1 amide bonds. The molecule has 18 heavy (non-hydrogen) atoms. The summed E-state index contributed by atoms with van der Waals surface area (Å²) in [6.07, 6.45) is -0.652. The molecule has 1 unspecified atom stereocenters. The summed E-state index contributed by atoms with van der Waals surface area (Å²) in [6, 6.07) is 3.40. The number of carbonyl (C=O) groups is 1. The number of carbonyl (C=O) groups excluding carboxylic acids is 1. The van der Waals surface area contributed by atoms with Crippen molar-refractivity contribution in [3.8, 4) is 17.2 Å². The zero-order valence-electron chi connectivity index (χ0n) is 10.6. The third kappa shape index (κ3) is 1.84. The monoisotopic (exact) mass is 252 g/mol. The summed E-state index contributed by atoms with van der Waals surface area (Å²) in [5, 5.41) is 0. The lowest BCUT2D eigenvalue weighted by Crippen LogP contribution is -2.47. The first-order valence-electron chi connectivity index (χ1n) is 5.52. The van der Waals surface area contributed by atoms with Gasteiger partial charge < -0.3 is 24.8 Å². The molecule has 1 aromatic rings. The molecule has 6 nitrogen and oxygen atoms in total. The predicted octanol–water partition coefficient (Wildman–Crippen LogP) is 0.386. The zero-order valence-corrected chi connectivity index (χ0v) is 10.6. The van der Waals surface area contributed by atoms with E-state index in [2.05, 4.69) is 0 Å². The number of rotatable bonds is 3. The molecule has 1 aromatic carbocycles. The fourth-order valence-corrected chi connectivity index (χ4v) is 1.89. The van der Waals surface area contributed by atoms with Crippen LogP contribution in [0.2, 0.25) is 0 Å². The molecule has 0 aliphatic carbocycles. The maximum Gasteiger partial charge on any atom is 0.269 e. The first kappa shape index (κ1) is 12.5. The molecule has 0 radical (unpaired) electrons. The number of methoxy groups -OCH3 is 2. The average Bonchev–Trinajstić information content (AvgIpc) is 2.41. The second kappa shape index (κ2) is 4.73. The first-order valence-corrected chi connectivity index (χ1v) is 5.52. The number of anilines is 1. The number of hydrogen-bond acceptors (Lipinski definition) is 5. The fraction of sp³-hybridized carbons (Fsp3) is 0.417. The van der Waals surface area contributed by atoms with E-state index in [0.29, 0.717) is 22.9 Å². The van der Waals surface area contributed by atoms with Gasteiger partial charge in [0.15, 0.2) is 17.6 Å². The van der Waals surface area contributed by atoms with Crippen LogP contribution >= 0.6 is 0 Å². The Morgan fingerprint density at radius 2 is 1.94 bits per heavy atom. The highest BCUT2D eigenvalue weighted by Crippen LogP contribution is 2.42. The van der Waals surface area contributed by atoms with Crippen LogP contribution in [0.25, 0.3) is 0 Å². The highest BCUT2D eigenvalue weighted by molar-refractivity contribution is 6.00. The summed E-state index contributed by atoms with van der Waals surface area (Å²) in [7, 11) is 4.76. The fourth-order valence-electron chi connectivity index (χ4n) is 1.89. The number of nitrogens with zero attached hydrogens (tertiary/aromatic N) is 1. The Morgan fingerprint density at radius 1 is 1.33 bits per heavy atom. The van der Waals surface area contributed by atoms with E-state index < -0.39 is 6.10 Å². The molecule has 1 aliphatic heterocycles. The van der Waals surface area contributed by atoms with Crippen LogP contribution in [-0.4, -0.2) is 39.8 Å². The lowest BCUT2D eigenvalue weighted by molar-refractivity contribution is -0.125. The average molecular weight is 252 g/mol. The number of ether oxygens (including phenoxy) is 3. The van der Waals surface area contributed by atoms with Crippen molar-refractivity contribution in [2.24, 2.45) is 5.73 Å². The number of hydrogen-bond donors (Lipinski definition) is 1. The Labute approximate surface area is 105 Å². The normalized spacial score (nSPS) is 18.1. The summed E-state index contributed by atoms with van der Waals surface area (Å²) >= 11 is 0. The molecule has 0 saturated heterocycles. The topological polar surface area (TPSA) is 74.0 Å². The van der Waals surface area contributed by atoms with E-state index in [1.54, 1.807) is 33.4 Å². The molecule has 1 heterocycles. The molecular weight excluding hydrogens is 236 g/mol. The van der Waals surface area contributed by atoms with Crippen LogP contribution < -0.4 is 24.8 Å². The Hall–Kier alpha value is -1.95. The van der Waals surface area contributed by atoms with Crippen LogP contribution in [0.3, 0.4) is 0 Å². The maximum absolute atomic E-state index is 11.9. The van der Waals surface area contributed by atoms with Crippen LogP contribution in [0.4, 0.5) is 5.69 Å². The molecule has 0 bridgehead atoms. The van der Waals surface area contributed by atoms with E-state index in [1.165, 1.54) is 4.90 Å².